The van der Waals surface area contributed by atoms with Gasteiger partial charge in [-0.1, -0.05) is 26.7 Å². The average Bonchev–Trinajstić information content (AvgIpc) is 3.24. The van der Waals surface area contributed by atoms with Gasteiger partial charge in [0.25, 0.3) is 0 Å². The summed E-state index contributed by atoms with van der Waals surface area (Å²) in [6.45, 7) is 8.05. The van der Waals surface area contributed by atoms with E-state index in [2.05, 4.69) is 38.0 Å². The maximum atomic E-state index is 11.4. The summed E-state index contributed by atoms with van der Waals surface area (Å²) >= 11 is 0. The van der Waals surface area contributed by atoms with Crippen molar-refractivity contribution in [1.82, 2.24) is 9.78 Å². The van der Waals surface area contributed by atoms with E-state index in [4.69, 9.17) is 0 Å². The Morgan fingerprint density at radius 1 is 1.11 bits per heavy atom. The molecule has 1 N–H and O–H groups in total. The average molecular weight is 383 g/mol. The second-order valence-corrected chi connectivity index (χ2v) is 10.8. The first-order valence-electron chi connectivity index (χ1n) is 11.9. The highest BCUT2D eigenvalue weighted by Crippen LogP contribution is 2.67. The summed E-state index contributed by atoms with van der Waals surface area (Å²) in [5.74, 6) is 3.32. The van der Waals surface area contributed by atoms with Gasteiger partial charge >= 0.3 is 0 Å². The Morgan fingerprint density at radius 2 is 1.96 bits per heavy atom. The van der Waals surface area contributed by atoms with E-state index in [1.807, 2.05) is 10.9 Å². The largest absolute Gasteiger partial charge is 0.388 e. The van der Waals surface area contributed by atoms with Crippen LogP contribution in [0.15, 0.2) is 17.8 Å². The lowest BCUT2D eigenvalue weighted by molar-refractivity contribution is -0.119. The highest BCUT2D eigenvalue weighted by molar-refractivity contribution is 5.52. The lowest BCUT2D eigenvalue weighted by atomic mass is 9.45. The number of rotatable bonds is 2. The molecule has 7 atom stereocenters. The highest BCUT2D eigenvalue weighted by atomic mass is 16.3. The van der Waals surface area contributed by atoms with Crippen molar-refractivity contribution < 1.29 is 5.11 Å². The Balaban J connectivity index is 1.46. The van der Waals surface area contributed by atoms with Crippen molar-refractivity contribution in [2.75, 3.05) is 0 Å². The molecule has 0 aliphatic heterocycles. The van der Waals surface area contributed by atoms with E-state index < -0.39 is 0 Å². The Labute approximate surface area is 170 Å². The van der Waals surface area contributed by atoms with E-state index in [-0.39, 0.29) is 11.5 Å². The van der Waals surface area contributed by atoms with Crippen molar-refractivity contribution in [3.8, 4) is 0 Å². The SMILES string of the molecule is CCn1nccc1/C=C1\C[C@@H]2[C@H]3CC[C@H]4CCCC[C@]4(C)[C@@H]3CC[C@@]2(C)[C@@H]1O. The molecule has 154 valence electrons. The van der Waals surface area contributed by atoms with Crippen LogP contribution in [0.5, 0.6) is 0 Å². The zero-order chi connectivity index (χ0) is 19.5. The summed E-state index contributed by atoms with van der Waals surface area (Å²) in [6, 6.07) is 2.09. The molecule has 0 unspecified atom stereocenters. The van der Waals surface area contributed by atoms with Gasteiger partial charge in [-0.05, 0) is 98.7 Å². The monoisotopic (exact) mass is 382 g/mol. The summed E-state index contributed by atoms with van der Waals surface area (Å²) in [4.78, 5) is 0. The molecule has 0 aromatic carbocycles. The first-order valence-corrected chi connectivity index (χ1v) is 11.9. The van der Waals surface area contributed by atoms with Crippen LogP contribution >= 0.6 is 0 Å². The van der Waals surface area contributed by atoms with E-state index >= 15 is 0 Å². The van der Waals surface area contributed by atoms with Crippen molar-refractivity contribution >= 4 is 6.08 Å². The van der Waals surface area contributed by atoms with E-state index in [9.17, 15) is 5.11 Å². The molecule has 3 nitrogen and oxygen atoms in total. The molecular formula is C25H38N2O. The molecule has 1 heterocycles. The molecule has 4 aliphatic rings. The van der Waals surface area contributed by atoms with Crippen LogP contribution in [0.2, 0.25) is 0 Å². The number of hydrogen-bond donors (Lipinski definition) is 1. The van der Waals surface area contributed by atoms with Gasteiger partial charge in [-0.15, -0.1) is 0 Å². The molecule has 4 saturated carbocycles. The topological polar surface area (TPSA) is 38.0 Å². The van der Waals surface area contributed by atoms with Crippen LogP contribution < -0.4 is 0 Å². The number of fused-ring (bicyclic) bond motifs is 5. The van der Waals surface area contributed by atoms with Crippen LogP contribution in [0.1, 0.15) is 84.3 Å². The van der Waals surface area contributed by atoms with E-state index in [1.54, 1.807) is 0 Å². The molecule has 0 saturated heterocycles. The van der Waals surface area contributed by atoms with Crippen molar-refractivity contribution in [2.24, 2.45) is 34.5 Å². The molecular weight excluding hydrogens is 344 g/mol. The predicted molar refractivity (Wildman–Crippen MR) is 114 cm³/mol. The maximum Gasteiger partial charge on any atom is 0.0810 e. The number of nitrogens with zero attached hydrogens (tertiary/aromatic N) is 2. The molecule has 4 fully saturated rings. The third kappa shape index (κ3) is 2.61. The van der Waals surface area contributed by atoms with Gasteiger partial charge < -0.3 is 5.11 Å². The van der Waals surface area contributed by atoms with Gasteiger partial charge in [0.05, 0.1) is 11.8 Å². The zero-order valence-corrected chi connectivity index (χ0v) is 18.0. The Bertz CT molecular complexity index is 766. The second-order valence-electron chi connectivity index (χ2n) is 10.8. The van der Waals surface area contributed by atoms with Gasteiger partial charge in [0.2, 0.25) is 0 Å². The third-order valence-corrected chi connectivity index (χ3v) is 9.83. The fraction of sp³-hybridized carbons (Fsp3) is 0.800. The van der Waals surface area contributed by atoms with Crippen molar-refractivity contribution in [2.45, 2.75) is 91.2 Å². The number of aliphatic hydroxyl groups is 1. The lowest BCUT2D eigenvalue weighted by Gasteiger charge is -2.60. The minimum absolute atomic E-state index is 0.0714. The summed E-state index contributed by atoms with van der Waals surface area (Å²) in [5.41, 5.74) is 3.06. The molecule has 0 amide bonds. The standard InChI is InChI=1S/C25H38N2O/c1-4-27-19(11-14-26-27)15-17-16-22-20-9-8-18-7-5-6-12-24(18,2)21(20)10-13-25(22,3)23(17)28/h11,14-15,18,20-23,28H,4-10,12-13,16H2,1-3H3/b17-15+/t18-,20+,21-,22-,23-,24+,25-/m1/s1. The highest BCUT2D eigenvalue weighted by Gasteiger charge is 2.60. The summed E-state index contributed by atoms with van der Waals surface area (Å²) in [5, 5.41) is 15.8. The number of aryl methyl sites for hydroxylation is 1. The second kappa shape index (κ2) is 6.72. The fourth-order valence-corrected chi connectivity index (χ4v) is 8.21. The van der Waals surface area contributed by atoms with Gasteiger partial charge in [-0.25, -0.2) is 0 Å². The van der Waals surface area contributed by atoms with Crippen LogP contribution in [0.4, 0.5) is 0 Å². The van der Waals surface area contributed by atoms with Crippen molar-refractivity contribution in [1.29, 1.82) is 0 Å². The molecule has 0 spiro atoms. The van der Waals surface area contributed by atoms with Crippen LogP contribution in [0.3, 0.4) is 0 Å². The first-order chi connectivity index (χ1) is 13.5. The summed E-state index contributed by atoms with van der Waals surface area (Å²) in [6.07, 6.45) is 16.1. The van der Waals surface area contributed by atoms with E-state index in [0.717, 1.165) is 36.4 Å². The molecule has 1 aromatic heterocycles. The van der Waals surface area contributed by atoms with Gasteiger partial charge in [0.15, 0.2) is 0 Å². The molecule has 0 bridgehead atoms. The van der Waals surface area contributed by atoms with Crippen molar-refractivity contribution in [3.63, 3.8) is 0 Å². The van der Waals surface area contributed by atoms with Crippen LogP contribution in [-0.2, 0) is 6.54 Å². The fourth-order valence-electron chi connectivity index (χ4n) is 8.21. The Hall–Kier alpha value is -1.09. The van der Waals surface area contributed by atoms with Crippen LogP contribution in [-0.4, -0.2) is 21.0 Å². The molecule has 0 radical (unpaired) electrons. The maximum absolute atomic E-state index is 11.4. The summed E-state index contributed by atoms with van der Waals surface area (Å²) < 4.78 is 2.04. The molecule has 1 aromatic rings. The normalized spacial score (nSPS) is 46.9. The van der Waals surface area contributed by atoms with Crippen molar-refractivity contribution in [3.05, 3.63) is 23.5 Å². The third-order valence-electron chi connectivity index (χ3n) is 9.83. The molecule has 5 rings (SSSR count). The van der Waals surface area contributed by atoms with Gasteiger partial charge in [-0.2, -0.15) is 5.10 Å². The Morgan fingerprint density at radius 3 is 2.79 bits per heavy atom. The smallest absolute Gasteiger partial charge is 0.0810 e. The molecule has 3 heteroatoms. The minimum atomic E-state index is -0.282. The van der Waals surface area contributed by atoms with E-state index in [0.29, 0.717) is 11.3 Å². The lowest BCUT2D eigenvalue weighted by Crippen LogP contribution is -2.53. The predicted octanol–water partition coefficient (Wildman–Crippen LogP) is 5.69. The van der Waals surface area contributed by atoms with E-state index in [1.165, 1.54) is 56.9 Å². The molecule has 4 aliphatic carbocycles. The number of aliphatic hydroxyl groups excluding tert-OH is 1. The quantitative estimate of drug-likeness (QED) is 0.713. The summed E-state index contributed by atoms with van der Waals surface area (Å²) in [7, 11) is 0. The first kappa shape index (κ1) is 18.9. The van der Waals surface area contributed by atoms with Crippen LogP contribution in [0.25, 0.3) is 6.08 Å². The number of hydrogen-bond acceptors (Lipinski definition) is 2. The van der Waals surface area contributed by atoms with Gasteiger partial charge in [0, 0.05) is 18.2 Å². The van der Waals surface area contributed by atoms with Crippen LogP contribution in [0, 0.1) is 34.5 Å². The zero-order valence-electron chi connectivity index (χ0n) is 18.0. The minimum Gasteiger partial charge on any atom is -0.388 e. The van der Waals surface area contributed by atoms with Gasteiger partial charge in [-0.3, -0.25) is 4.68 Å². The molecule has 28 heavy (non-hydrogen) atoms. The van der Waals surface area contributed by atoms with Gasteiger partial charge in [0.1, 0.15) is 0 Å². The number of aromatic nitrogens is 2. The Kier molecular flexibility index (Phi) is 4.54.